The lowest BCUT2D eigenvalue weighted by Crippen LogP contribution is -2.28. The van der Waals surface area contributed by atoms with Crippen LogP contribution in [0.15, 0.2) is 89.1 Å². The molecular weight excluding hydrogens is 406 g/mol. The van der Waals surface area contributed by atoms with Crippen LogP contribution in [0.4, 0.5) is 17.1 Å². The highest BCUT2D eigenvalue weighted by atomic mass is 16.3. The molecule has 32 heavy (non-hydrogen) atoms. The minimum absolute atomic E-state index is 0.00493. The Balaban J connectivity index is 1.99. The molecule has 2 N–H and O–H groups in total. The molecule has 0 saturated carbocycles. The number of amides is 1. The van der Waals surface area contributed by atoms with E-state index in [1.54, 1.807) is 72.5 Å². The Morgan fingerprint density at radius 2 is 1.56 bits per heavy atom. The van der Waals surface area contributed by atoms with Crippen LogP contribution < -0.4 is 4.90 Å². The number of rotatable bonds is 7. The summed E-state index contributed by atoms with van der Waals surface area (Å²) in [5.74, 6) is -1.29. The predicted molar refractivity (Wildman–Crippen MR) is 123 cm³/mol. The van der Waals surface area contributed by atoms with Crippen LogP contribution in [0.5, 0.6) is 11.5 Å². The van der Waals surface area contributed by atoms with Gasteiger partial charge in [0.05, 0.1) is 11.3 Å². The van der Waals surface area contributed by atoms with Crippen molar-refractivity contribution in [2.75, 3.05) is 11.4 Å². The third kappa shape index (κ3) is 4.89. The second kappa shape index (κ2) is 10.2. The van der Waals surface area contributed by atoms with E-state index < -0.39 is 5.78 Å². The maximum absolute atomic E-state index is 12.8. The van der Waals surface area contributed by atoms with Gasteiger partial charge in [-0.3, -0.25) is 9.59 Å². The summed E-state index contributed by atoms with van der Waals surface area (Å²) in [6.45, 7) is 4.04. The molecule has 3 rings (SSSR count). The van der Waals surface area contributed by atoms with Gasteiger partial charge in [-0.2, -0.15) is 0 Å². The van der Waals surface area contributed by atoms with Crippen LogP contribution in [-0.2, 0) is 4.79 Å². The van der Waals surface area contributed by atoms with Gasteiger partial charge >= 0.3 is 0 Å². The van der Waals surface area contributed by atoms with E-state index in [4.69, 9.17) is 0 Å². The monoisotopic (exact) mass is 429 g/mol. The maximum Gasteiger partial charge on any atom is 0.250 e. The smallest absolute Gasteiger partial charge is 0.250 e. The lowest BCUT2D eigenvalue weighted by atomic mass is 10.0. The van der Waals surface area contributed by atoms with Crippen molar-refractivity contribution >= 4 is 28.8 Å². The number of nitrogens with zero attached hydrogens (tertiary/aromatic N) is 3. The molecule has 0 aliphatic carbocycles. The van der Waals surface area contributed by atoms with Crippen molar-refractivity contribution in [3.63, 3.8) is 0 Å². The molecule has 0 unspecified atom stereocenters. The summed E-state index contributed by atoms with van der Waals surface area (Å²) in [6.07, 6.45) is 3.12. The Morgan fingerprint density at radius 3 is 2.25 bits per heavy atom. The summed E-state index contributed by atoms with van der Waals surface area (Å²) in [6, 6.07) is 17.8. The van der Waals surface area contributed by atoms with Gasteiger partial charge in [0, 0.05) is 18.2 Å². The number of phenols is 2. The third-order valence-electron chi connectivity index (χ3n) is 4.70. The van der Waals surface area contributed by atoms with Gasteiger partial charge in [0.25, 0.3) is 5.91 Å². The molecule has 0 spiro atoms. The molecule has 0 fully saturated rings. The van der Waals surface area contributed by atoms with E-state index in [2.05, 4.69) is 10.2 Å². The second-order valence-corrected chi connectivity index (χ2v) is 6.82. The number of aromatic hydroxyl groups is 2. The highest BCUT2D eigenvalue weighted by molar-refractivity contribution is 6.11. The normalized spacial score (nSPS) is 11.2. The lowest BCUT2D eigenvalue weighted by molar-refractivity contribution is -0.114. The Hall–Kier alpha value is -4.26. The molecular formula is C25H23N3O4. The van der Waals surface area contributed by atoms with Crippen molar-refractivity contribution in [3.05, 3.63) is 90.0 Å². The molecule has 0 aliphatic heterocycles. The topological polar surface area (TPSA) is 103 Å². The number of carbonyl (C=O) groups is 2. The molecule has 0 aliphatic rings. The van der Waals surface area contributed by atoms with E-state index in [1.165, 1.54) is 12.1 Å². The van der Waals surface area contributed by atoms with E-state index in [9.17, 15) is 19.8 Å². The van der Waals surface area contributed by atoms with Crippen LogP contribution in [0.25, 0.3) is 0 Å². The fourth-order valence-electron chi connectivity index (χ4n) is 3.13. The van der Waals surface area contributed by atoms with Crippen LogP contribution in [-0.4, -0.2) is 28.4 Å². The van der Waals surface area contributed by atoms with E-state index >= 15 is 0 Å². The summed E-state index contributed by atoms with van der Waals surface area (Å²) in [5, 5.41) is 28.7. The van der Waals surface area contributed by atoms with Crippen LogP contribution in [0.2, 0.25) is 0 Å². The van der Waals surface area contributed by atoms with E-state index in [1.807, 2.05) is 6.92 Å². The van der Waals surface area contributed by atoms with E-state index in [0.29, 0.717) is 23.5 Å². The number of allylic oxidation sites excluding steroid dienone is 1. The zero-order valence-electron chi connectivity index (χ0n) is 17.8. The maximum atomic E-state index is 12.8. The fraction of sp³-hybridized carbons (Fsp3) is 0.120. The number of benzene rings is 3. The van der Waals surface area contributed by atoms with Crippen molar-refractivity contribution < 1.29 is 19.8 Å². The lowest BCUT2D eigenvalue weighted by Gasteiger charge is -2.20. The molecule has 1 amide bonds. The molecule has 0 heterocycles. The predicted octanol–water partition coefficient (Wildman–Crippen LogP) is 5.67. The minimum atomic E-state index is -0.408. The van der Waals surface area contributed by atoms with Gasteiger partial charge in [0.1, 0.15) is 22.9 Å². The van der Waals surface area contributed by atoms with Crippen LogP contribution in [0, 0.1) is 0 Å². The first-order valence-corrected chi connectivity index (χ1v) is 10.1. The Kier molecular flexibility index (Phi) is 7.13. The van der Waals surface area contributed by atoms with Crippen molar-refractivity contribution in [2.24, 2.45) is 10.2 Å². The number of phenolic OH excluding ortho intramolecular Hbond substituents is 2. The number of azo groups is 1. The van der Waals surface area contributed by atoms with Crippen molar-refractivity contribution in [1.29, 1.82) is 0 Å². The van der Waals surface area contributed by atoms with Gasteiger partial charge in [0.15, 0.2) is 5.78 Å². The van der Waals surface area contributed by atoms with Gasteiger partial charge in [-0.05, 0) is 38.1 Å². The molecule has 7 nitrogen and oxygen atoms in total. The highest BCUT2D eigenvalue weighted by Crippen LogP contribution is 2.37. The zero-order valence-corrected chi connectivity index (χ0v) is 17.8. The van der Waals surface area contributed by atoms with Gasteiger partial charge < -0.3 is 15.1 Å². The quantitative estimate of drug-likeness (QED) is 0.287. The number of anilines is 1. The molecule has 0 bridgehead atoms. The number of hydrogen-bond donors (Lipinski definition) is 2. The molecule has 0 aromatic heterocycles. The van der Waals surface area contributed by atoms with Gasteiger partial charge in [0.2, 0.25) is 0 Å². The molecule has 3 aromatic carbocycles. The summed E-state index contributed by atoms with van der Waals surface area (Å²) in [5.41, 5.74) is 1.37. The first kappa shape index (κ1) is 22.4. The molecule has 3 aromatic rings. The Morgan fingerprint density at radius 1 is 0.906 bits per heavy atom. The molecule has 0 atom stereocenters. The van der Waals surface area contributed by atoms with Crippen molar-refractivity contribution in [1.82, 2.24) is 0 Å². The van der Waals surface area contributed by atoms with Gasteiger partial charge in [-0.1, -0.05) is 48.5 Å². The first-order chi connectivity index (χ1) is 15.5. The number of ketones is 1. The first-order valence-electron chi connectivity index (χ1n) is 10.1. The molecule has 7 heteroatoms. The number of likely N-dealkylation sites (N-methyl/N-ethyl adjacent to an activating group) is 1. The van der Waals surface area contributed by atoms with Crippen molar-refractivity contribution in [3.8, 4) is 11.5 Å². The number of hydrogen-bond acceptors (Lipinski definition) is 6. The van der Waals surface area contributed by atoms with E-state index in [-0.39, 0.29) is 28.7 Å². The number of para-hydroxylation sites is 1. The minimum Gasteiger partial charge on any atom is -0.507 e. The number of carbonyl (C=O) groups excluding carboxylic acids is 2. The Bertz CT molecular complexity index is 1190. The van der Waals surface area contributed by atoms with Gasteiger partial charge in [-0.15, -0.1) is 10.2 Å². The fourth-order valence-corrected chi connectivity index (χ4v) is 3.13. The Labute approximate surface area is 186 Å². The summed E-state index contributed by atoms with van der Waals surface area (Å²) < 4.78 is 0. The largest absolute Gasteiger partial charge is 0.507 e. The standard InChI is InChI=1S/C25H23N3O4/c1-3-10-24(31)28(4-2)21-14-9-8-13-19(21)26-27-20-15-18(22(29)16-23(20)30)25(32)17-11-6-5-7-12-17/h3,5-16,29-30H,4H2,1-2H3. The van der Waals surface area contributed by atoms with Crippen molar-refractivity contribution in [2.45, 2.75) is 13.8 Å². The molecule has 162 valence electrons. The van der Waals surface area contributed by atoms with E-state index in [0.717, 1.165) is 6.07 Å². The van der Waals surface area contributed by atoms with Crippen LogP contribution in [0.1, 0.15) is 29.8 Å². The highest BCUT2D eigenvalue weighted by Gasteiger charge is 2.18. The SMILES string of the molecule is CC=CC(=O)N(CC)c1ccccc1N=Nc1cc(C(=O)c2ccccc2)c(O)cc1O. The van der Waals surface area contributed by atoms with Crippen LogP contribution in [0.3, 0.4) is 0 Å². The molecule has 0 radical (unpaired) electrons. The average Bonchev–Trinajstić information content (AvgIpc) is 2.80. The van der Waals surface area contributed by atoms with Crippen LogP contribution >= 0.6 is 0 Å². The summed E-state index contributed by atoms with van der Waals surface area (Å²) in [4.78, 5) is 26.7. The average molecular weight is 429 g/mol. The second-order valence-electron chi connectivity index (χ2n) is 6.82. The third-order valence-corrected chi connectivity index (χ3v) is 4.70. The summed E-state index contributed by atoms with van der Waals surface area (Å²) >= 11 is 0. The summed E-state index contributed by atoms with van der Waals surface area (Å²) in [7, 11) is 0. The van der Waals surface area contributed by atoms with Gasteiger partial charge in [-0.25, -0.2) is 0 Å². The zero-order chi connectivity index (χ0) is 23.1. The molecule has 0 saturated heterocycles.